The minimum atomic E-state index is -0.413. The number of fused-ring (bicyclic) bond motifs is 1. The molecule has 0 saturated carbocycles. The highest BCUT2D eigenvalue weighted by atomic mass is 16.1. The number of nitrogens with zero attached hydrogens (tertiary/aromatic N) is 2. The van der Waals surface area contributed by atoms with Gasteiger partial charge in [-0.3, -0.25) is 19.3 Å². The van der Waals surface area contributed by atoms with Crippen molar-refractivity contribution in [3.05, 3.63) is 76.1 Å². The van der Waals surface area contributed by atoms with Crippen LogP contribution in [0.15, 0.2) is 59.4 Å². The van der Waals surface area contributed by atoms with Gasteiger partial charge in [-0.1, -0.05) is 48.0 Å². The van der Waals surface area contributed by atoms with E-state index in [0.29, 0.717) is 28.1 Å². The summed E-state index contributed by atoms with van der Waals surface area (Å²) in [6, 6.07) is 16.7. The van der Waals surface area contributed by atoms with E-state index in [4.69, 9.17) is 5.73 Å². The predicted octanol–water partition coefficient (Wildman–Crippen LogP) is 3.47. The summed E-state index contributed by atoms with van der Waals surface area (Å²) in [6.45, 7) is 3.36. The molecular weight excluding hydrogens is 340 g/mol. The molecule has 2 aromatic carbocycles. The second kappa shape index (κ2) is 6.25. The van der Waals surface area contributed by atoms with Gasteiger partial charge in [0.25, 0.3) is 5.56 Å². The van der Waals surface area contributed by atoms with Crippen molar-refractivity contribution in [3.63, 3.8) is 0 Å². The summed E-state index contributed by atoms with van der Waals surface area (Å²) in [7, 11) is 0. The highest BCUT2D eigenvalue weighted by molar-refractivity contribution is 6.11. The molecular formula is C21H18N4O2. The predicted molar refractivity (Wildman–Crippen MR) is 106 cm³/mol. The topological polar surface area (TPSA) is 93.8 Å². The third-order valence-electron chi connectivity index (χ3n) is 4.61. The molecule has 134 valence electrons. The number of ketones is 1. The van der Waals surface area contributed by atoms with Crippen LogP contribution < -0.4 is 11.3 Å². The van der Waals surface area contributed by atoms with Crippen molar-refractivity contribution >= 4 is 22.6 Å². The van der Waals surface area contributed by atoms with Crippen molar-refractivity contribution in [1.29, 1.82) is 0 Å². The number of Topliss-reactive ketones (excluding diaryl/α,β-unsaturated/α-hetero) is 1. The van der Waals surface area contributed by atoms with Crippen LogP contribution in [-0.2, 0) is 0 Å². The number of anilines is 1. The fourth-order valence-electron chi connectivity index (χ4n) is 3.35. The average molecular weight is 358 g/mol. The Kier molecular flexibility index (Phi) is 3.88. The lowest BCUT2D eigenvalue weighted by Gasteiger charge is -2.14. The Morgan fingerprint density at radius 1 is 1.07 bits per heavy atom. The van der Waals surface area contributed by atoms with Gasteiger partial charge in [0.15, 0.2) is 11.4 Å². The van der Waals surface area contributed by atoms with Gasteiger partial charge in [-0.2, -0.15) is 5.10 Å². The van der Waals surface area contributed by atoms with Crippen LogP contribution in [-0.4, -0.2) is 20.5 Å². The third kappa shape index (κ3) is 2.62. The highest BCUT2D eigenvalue weighted by Crippen LogP contribution is 2.34. The van der Waals surface area contributed by atoms with Gasteiger partial charge in [-0.15, -0.1) is 0 Å². The van der Waals surface area contributed by atoms with Crippen molar-refractivity contribution in [3.8, 4) is 16.8 Å². The number of hydrogen-bond donors (Lipinski definition) is 2. The van der Waals surface area contributed by atoms with Gasteiger partial charge in [0, 0.05) is 5.56 Å². The van der Waals surface area contributed by atoms with E-state index in [1.165, 1.54) is 11.5 Å². The molecule has 0 spiro atoms. The molecule has 4 aromatic rings. The number of benzene rings is 2. The van der Waals surface area contributed by atoms with Crippen LogP contribution in [0.1, 0.15) is 22.8 Å². The molecule has 0 amide bonds. The lowest BCUT2D eigenvalue weighted by atomic mass is 9.95. The maximum atomic E-state index is 13.4. The van der Waals surface area contributed by atoms with Gasteiger partial charge in [0.05, 0.1) is 16.6 Å². The summed E-state index contributed by atoms with van der Waals surface area (Å²) < 4.78 is 1.44. The Labute approximate surface area is 155 Å². The molecule has 0 saturated heterocycles. The normalized spacial score (nSPS) is 11.0. The fraction of sp³-hybridized carbons (Fsp3) is 0.0952. The van der Waals surface area contributed by atoms with Crippen molar-refractivity contribution < 1.29 is 4.79 Å². The number of rotatable bonds is 3. The zero-order valence-electron chi connectivity index (χ0n) is 15.0. The van der Waals surface area contributed by atoms with Gasteiger partial charge in [-0.25, -0.2) is 0 Å². The van der Waals surface area contributed by atoms with Crippen LogP contribution in [0.4, 0.5) is 5.82 Å². The minimum absolute atomic E-state index is 0.0994. The van der Waals surface area contributed by atoms with Crippen LogP contribution in [0, 0.1) is 6.92 Å². The van der Waals surface area contributed by atoms with E-state index in [-0.39, 0.29) is 11.3 Å². The molecule has 0 bridgehead atoms. The molecule has 0 atom stereocenters. The molecule has 2 aromatic heterocycles. The standard InChI is InChI=1S/C21H18N4O2/c1-12-8-10-15(11-9-12)25-20-18(19(22)23-24-20)17(14-6-4-3-5-7-14)16(13(2)26)21(25)27/h3-11H,1-2H3,(H3,22,23,24). The Hall–Kier alpha value is -3.67. The van der Waals surface area contributed by atoms with Crippen LogP contribution in [0.3, 0.4) is 0 Å². The zero-order chi connectivity index (χ0) is 19.1. The Bertz CT molecular complexity index is 1220. The molecule has 6 heteroatoms. The quantitative estimate of drug-likeness (QED) is 0.548. The minimum Gasteiger partial charge on any atom is -0.383 e. The maximum absolute atomic E-state index is 13.4. The average Bonchev–Trinajstić information content (AvgIpc) is 3.03. The van der Waals surface area contributed by atoms with Gasteiger partial charge in [0.2, 0.25) is 0 Å². The van der Waals surface area contributed by atoms with Gasteiger partial charge < -0.3 is 5.73 Å². The van der Waals surface area contributed by atoms with Crippen LogP contribution in [0.25, 0.3) is 27.8 Å². The lowest BCUT2D eigenvalue weighted by Crippen LogP contribution is -2.26. The summed E-state index contributed by atoms with van der Waals surface area (Å²) >= 11 is 0. The second-order valence-corrected chi connectivity index (χ2v) is 6.48. The monoisotopic (exact) mass is 358 g/mol. The number of aryl methyl sites for hydroxylation is 1. The van der Waals surface area contributed by atoms with Crippen molar-refractivity contribution in [2.24, 2.45) is 0 Å². The van der Waals surface area contributed by atoms with E-state index in [1.54, 1.807) is 0 Å². The number of carbonyl (C=O) groups is 1. The first kappa shape index (κ1) is 16.8. The first-order valence-electron chi connectivity index (χ1n) is 8.55. The molecule has 3 N–H and O–H groups in total. The van der Waals surface area contributed by atoms with Gasteiger partial charge in [-0.05, 0) is 31.5 Å². The molecule has 6 nitrogen and oxygen atoms in total. The Balaban J connectivity index is 2.21. The highest BCUT2D eigenvalue weighted by Gasteiger charge is 2.25. The molecule has 0 unspecified atom stereocenters. The number of aromatic amines is 1. The Morgan fingerprint density at radius 3 is 2.37 bits per heavy atom. The number of carbonyl (C=O) groups excluding carboxylic acids is 1. The second-order valence-electron chi connectivity index (χ2n) is 6.48. The van der Waals surface area contributed by atoms with Crippen molar-refractivity contribution in [2.45, 2.75) is 13.8 Å². The third-order valence-corrected chi connectivity index (χ3v) is 4.61. The van der Waals surface area contributed by atoms with Crippen LogP contribution in [0.2, 0.25) is 0 Å². The molecule has 27 heavy (non-hydrogen) atoms. The van der Waals surface area contributed by atoms with E-state index in [9.17, 15) is 9.59 Å². The number of nitrogens with two attached hydrogens (primary N) is 1. The first-order valence-corrected chi connectivity index (χ1v) is 8.55. The summed E-state index contributed by atoms with van der Waals surface area (Å²) in [4.78, 5) is 25.9. The summed E-state index contributed by atoms with van der Waals surface area (Å²) in [6.07, 6.45) is 0. The molecule has 0 fully saturated rings. The molecule has 0 aliphatic rings. The number of nitrogen functional groups attached to an aromatic ring is 1. The van der Waals surface area contributed by atoms with Crippen LogP contribution in [0.5, 0.6) is 0 Å². The van der Waals surface area contributed by atoms with Gasteiger partial charge >= 0.3 is 0 Å². The number of nitrogens with one attached hydrogen (secondary N) is 1. The molecule has 4 rings (SSSR count). The van der Waals surface area contributed by atoms with Crippen molar-refractivity contribution in [2.75, 3.05) is 5.73 Å². The molecule has 2 heterocycles. The lowest BCUT2D eigenvalue weighted by molar-refractivity contribution is 0.101. The fourth-order valence-corrected chi connectivity index (χ4v) is 3.35. The van der Waals surface area contributed by atoms with E-state index in [0.717, 1.165) is 11.1 Å². The van der Waals surface area contributed by atoms with E-state index < -0.39 is 5.56 Å². The number of hydrogen-bond acceptors (Lipinski definition) is 4. The van der Waals surface area contributed by atoms with E-state index in [2.05, 4.69) is 10.2 Å². The number of H-pyrrole nitrogens is 1. The molecule has 0 aliphatic carbocycles. The smallest absolute Gasteiger partial charge is 0.268 e. The Morgan fingerprint density at radius 2 is 1.74 bits per heavy atom. The molecule has 0 aliphatic heterocycles. The van der Waals surface area contributed by atoms with E-state index >= 15 is 0 Å². The van der Waals surface area contributed by atoms with Crippen molar-refractivity contribution in [1.82, 2.24) is 14.8 Å². The molecule has 0 radical (unpaired) electrons. The van der Waals surface area contributed by atoms with Crippen LogP contribution >= 0.6 is 0 Å². The van der Waals surface area contributed by atoms with Gasteiger partial charge in [0.1, 0.15) is 5.82 Å². The largest absolute Gasteiger partial charge is 0.383 e. The number of pyridine rings is 1. The maximum Gasteiger partial charge on any atom is 0.268 e. The SMILES string of the molecule is CC(=O)c1c(-c2ccccc2)c2c(N)[nH]nc2n(-c2ccc(C)cc2)c1=O. The zero-order valence-corrected chi connectivity index (χ0v) is 15.0. The number of aromatic nitrogens is 3. The summed E-state index contributed by atoms with van der Waals surface area (Å²) in [5, 5.41) is 7.59. The summed E-state index contributed by atoms with van der Waals surface area (Å²) in [5.74, 6) is -0.00516. The van der Waals surface area contributed by atoms with E-state index in [1.807, 2.05) is 61.5 Å². The summed E-state index contributed by atoms with van der Waals surface area (Å²) in [5.41, 5.74) is 9.19. The first-order chi connectivity index (χ1) is 13.0.